The number of nitrogens with zero attached hydrogens (tertiary/aromatic N) is 1. The smallest absolute Gasteiger partial charge is 0.160 e. The van der Waals surface area contributed by atoms with Crippen LogP contribution in [0.25, 0.3) is 0 Å². The van der Waals surface area contributed by atoms with Gasteiger partial charge in [0.15, 0.2) is 5.82 Å². The molecule has 0 heterocycles. The molecule has 2 rings (SSSR count). The topological polar surface area (TPSA) is 29.3 Å². The number of hydrogen-bond acceptors (Lipinski definition) is 2. The molecule has 0 amide bonds. The second-order valence-corrected chi connectivity index (χ2v) is 7.38. The van der Waals surface area contributed by atoms with Crippen LogP contribution in [0.4, 0.5) is 10.1 Å². The summed E-state index contributed by atoms with van der Waals surface area (Å²) in [5, 5.41) is 0. The summed E-state index contributed by atoms with van der Waals surface area (Å²) in [6.07, 6.45) is 4.65. The number of rotatable bonds is 3. The lowest BCUT2D eigenvalue weighted by Crippen LogP contribution is -2.37. The fraction of sp³-hybridized carbons (Fsp3) is 0.625. The highest BCUT2D eigenvalue weighted by Gasteiger charge is 2.30. The van der Waals surface area contributed by atoms with Crippen LogP contribution < -0.4 is 10.6 Å². The standard InChI is InChI=1S/C16H24BrFN2/c1-16(2)8-6-12(7-9-16)20(3)13-5-4-11(10-19)14(17)15(13)18/h4-5,12H,6-10,19H2,1-3H3. The molecule has 0 unspecified atom stereocenters. The van der Waals surface area contributed by atoms with Gasteiger partial charge in [0, 0.05) is 19.6 Å². The van der Waals surface area contributed by atoms with Gasteiger partial charge in [-0.1, -0.05) is 19.9 Å². The highest BCUT2D eigenvalue weighted by atomic mass is 79.9. The molecule has 0 radical (unpaired) electrons. The largest absolute Gasteiger partial charge is 0.369 e. The number of benzene rings is 1. The maximum absolute atomic E-state index is 14.5. The van der Waals surface area contributed by atoms with Gasteiger partial charge < -0.3 is 10.6 Å². The molecule has 2 nitrogen and oxygen atoms in total. The van der Waals surface area contributed by atoms with Crippen LogP contribution in [0.2, 0.25) is 0 Å². The quantitative estimate of drug-likeness (QED) is 0.878. The van der Waals surface area contributed by atoms with Crippen molar-refractivity contribution >= 4 is 21.6 Å². The molecule has 4 heteroatoms. The van der Waals surface area contributed by atoms with Crippen LogP contribution in [-0.4, -0.2) is 13.1 Å². The molecule has 0 atom stereocenters. The van der Waals surface area contributed by atoms with Crippen LogP contribution in [0.3, 0.4) is 0 Å². The van der Waals surface area contributed by atoms with Gasteiger partial charge in [0.2, 0.25) is 0 Å². The van der Waals surface area contributed by atoms with E-state index in [0.29, 0.717) is 28.2 Å². The molecule has 1 aromatic carbocycles. The van der Waals surface area contributed by atoms with Gasteiger partial charge in [0.25, 0.3) is 0 Å². The van der Waals surface area contributed by atoms with Gasteiger partial charge in [-0.15, -0.1) is 0 Å². The first-order chi connectivity index (χ1) is 9.35. The molecule has 1 aliphatic carbocycles. The molecule has 112 valence electrons. The Morgan fingerprint density at radius 2 is 1.95 bits per heavy atom. The fourth-order valence-electron chi connectivity index (χ4n) is 2.98. The molecule has 0 aliphatic heterocycles. The van der Waals surface area contributed by atoms with E-state index in [0.717, 1.165) is 18.4 Å². The number of hydrogen-bond donors (Lipinski definition) is 1. The molecular formula is C16H24BrFN2. The normalized spacial score (nSPS) is 19.1. The second-order valence-electron chi connectivity index (χ2n) is 6.58. The van der Waals surface area contributed by atoms with Crippen molar-refractivity contribution in [2.45, 2.75) is 52.1 Å². The molecule has 0 saturated heterocycles. The molecule has 1 aromatic rings. The van der Waals surface area contributed by atoms with E-state index in [-0.39, 0.29) is 5.82 Å². The third-order valence-corrected chi connectivity index (χ3v) is 5.46. The Balaban J connectivity index is 2.18. The summed E-state index contributed by atoms with van der Waals surface area (Å²) < 4.78 is 15.0. The van der Waals surface area contributed by atoms with Gasteiger partial charge in [-0.3, -0.25) is 0 Å². The van der Waals surface area contributed by atoms with Gasteiger partial charge in [-0.25, -0.2) is 4.39 Å². The monoisotopic (exact) mass is 342 g/mol. The van der Waals surface area contributed by atoms with Crippen molar-refractivity contribution in [3.8, 4) is 0 Å². The van der Waals surface area contributed by atoms with Crippen LogP contribution >= 0.6 is 15.9 Å². The molecule has 0 spiro atoms. The first-order valence-corrected chi connectivity index (χ1v) is 8.05. The van der Waals surface area contributed by atoms with Crippen molar-refractivity contribution < 1.29 is 4.39 Å². The summed E-state index contributed by atoms with van der Waals surface area (Å²) in [5.74, 6) is -0.194. The molecule has 0 aromatic heterocycles. The Morgan fingerprint density at radius 3 is 2.50 bits per heavy atom. The van der Waals surface area contributed by atoms with Crippen molar-refractivity contribution in [3.05, 3.63) is 28.0 Å². The Hall–Kier alpha value is -0.610. The van der Waals surface area contributed by atoms with Crippen LogP contribution in [-0.2, 0) is 6.54 Å². The number of halogens is 2. The Morgan fingerprint density at radius 1 is 1.35 bits per heavy atom. The first-order valence-electron chi connectivity index (χ1n) is 7.25. The minimum atomic E-state index is -0.194. The number of anilines is 1. The second kappa shape index (κ2) is 6.02. The van der Waals surface area contributed by atoms with Crippen LogP contribution in [0.15, 0.2) is 16.6 Å². The lowest BCUT2D eigenvalue weighted by atomic mass is 9.75. The summed E-state index contributed by atoms with van der Waals surface area (Å²) in [4.78, 5) is 2.09. The predicted octanol–water partition coefficient (Wildman–Crippen LogP) is 4.45. The summed E-state index contributed by atoms with van der Waals surface area (Å²) in [7, 11) is 2.00. The molecule has 0 bridgehead atoms. The molecule has 20 heavy (non-hydrogen) atoms. The van der Waals surface area contributed by atoms with Crippen molar-refractivity contribution in [2.75, 3.05) is 11.9 Å². The van der Waals surface area contributed by atoms with Crippen molar-refractivity contribution in [1.82, 2.24) is 0 Å². The maximum Gasteiger partial charge on any atom is 0.160 e. The van der Waals surface area contributed by atoms with Gasteiger partial charge in [-0.2, -0.15) is 0 Å². The van der Waals surface area contributed by atoms with E-state index >= 15 is 0 Å². The molecular weight excluding hydrogens is 319 g/mol. The van der Waals surface area contributed by atoms with Crippen LogP contribution in [0.5, 0.6) is 0 Å². The van der Waals surface area contributed by atoms with Gasteiger partial charge in [0.1, 0.15) is 0 Å². The van der Waals surface area contributed by atoms with Crippen LogP contribution in [0, 0.1) is 11.2 Å². The molecule has 1 aliphatic rings. The van der Waals surface area contributed by atoms with Crippen molar-refractivity contribution in [1.29, 1.82) is 0 Å². The van der Waals surface area contributed by atoms with E-state index in [9.17, 15) is 4.39 Å². The molecule has 1 fully saturated rings. The van der Waals surface area contributed by atoms with Gasteiger partial charge in [-0.05, 0) is 58.7 Å². The summed E-state index contributed by atoms with van der Waals surface area (Å²) in [5.41, 5.74) is 7.51. The zero-order chi connectivity index (χ0) is 14.9. The van der Waals surface area contributed by atoms with Gasteiger partial charge in [0.05, 0.1) is 10.2 Å². The zero-order valence-electron chi connectivity index (χ0n) is 12.5. The number of nitrogens with two attached hydrogens (primary N) is 1. The van der Waals surface area contributed by atoms with E-state index in [1.54, 1.807) is 0 Å². The highest BCUT2D eigenvalue weighted by molar-refractivity contribution is 9.10. The minimum Gasteiger partial charge on any atom is -0.369 e. The zero-order valence-corrected chi connectivity index (χ0v) is 14.1. The molecule has 1 saturated carbocycles. The average molecular weight is 343 g/mol. The van der Waals surface area contributed by atoms with E-state index in [2.05, 4.69) is 34.7 Å². The van der Waals surface area contributed by atoms with Gasteiger partial charge >= 0.3 is 0 Å². The van der Waals surface area contributed by atoms with E-state index in [4.69, 9.17) is 5.73 Å². The highest BCUT2D eigenvalue weighted by Crippen LogP contribution is 2.39. The Kier molecular flexibility index (Phi) is 4.75. The minimum absolute atomic E-state index is 0.194. The summed E-state index contributed by atoms with van der Waals surface area (Å²) in [6.45, 7) is 4.98. The maximum atomic E-state index is 14.5. The average Bonchev–Trinajstić information content (AvgIpc) is 2.41. The first kappa shape index (κ1) is 15.8. The molecule has 2 N–H and O–H groups in total. The van der Waals surface area contributed by atoms with Crippen molar-refractivity contribution in [2.24, 2.45) is 11.1 Å². The van der Waals surface area contributed by atoms with E-state index in [1.165, 1.54) is 12.8 Å². The van der Waals surface area contributed by atoms with E-state index in [1.807, 2.05) is 19.2 Å². The van der Waals surface area contributed by atoms with Crippen molar-refractivity contribution in [3.63, 3.8) is 0 Å². The van der Waals surface area contributed by atoms with E-state index < -0.39 is 0 Å². The predicted molar refractivity (Wildman–Crippen MR) is 86.4 cm³/mol. The lowest BCUT2D eigenvalue weighted by Gasteiger charge is -2.39. The lowest BCUT2D eigenvalue weighted by molar-refractivity contribution is 0.222. The Labute approximate surface area is 129 Å². The fourth-order valence-corrected chi connectivity index (χ4v) is 3.47. The Bertz CT molecular complexity index is 478. The third-order valence-electron chi connectivity index (χ3n) is 4.60. The third kappa shape index (κ3) is 3.17. The SMILES string of the molecule is CN(c1ccc(CN)c(Br)c1F)C1CCC(C)(C)CC1. The van der Waals surface area contributed by atoms with Crippen LogP contribution in [0.1, 0.15) is 45.1 Å². The summed E-state index contributed by atoms with van der Waals surface area (Å²) >= 11 is 3.32. The summed E-state index contributed by atoms with van der Waals surface area (Å²) in [6, 6.07) is 4.18.